The Hall–Kier alpha value is -2.78. The van der Waals surface area contributed by atoms with Crippen LogP contribution < -0.4 is 5.32 Å². The van der Waals surface area contributed by atoms with Gasteiger partial charge in [0.1, 0.15) is 15.7 Å². The minimum atomic E-state index is -0.365. The highest BCUT2D eigenvalue weighted by atomic mass is 32.1. The number of carbonyl (C=O) groups is 1. The number of carbonyl (C=O) groups excluding carboxylic acids is 1. The van der Waals surface area contributed by atoms with Crippen molar-refractivity contribution in [2.75, 3.05) is 5.32 Å². The summed E-state index contributed by atoms with van der Waals surface area (Å²) in [5.41, 5.74) is 1.56. The Morgan fingerprint density at radius 1 is 1.11 bits per heavy atom. The van der Waals surface area contributed by atoms with Crippen LogP contribution in [0.25, 0.3) is 20.9 Å². The Morgan fingerprint density at radius 2 is 1.96 bits per heavy atom. The lowest BCUT2D eigenvalue weighted by Gasteiger charge is -2.04. The number of hydrogen-bond donors (Lipinski definition) is 1. The summed E-state index contributed by atoms with van der Waals surface area (Å²) in [6.45, 7) is 2.13. The third-order valence-corrected chi connectivity index (χ3v) is 5.78. The SMILES string of the molecule is CCCCc1nnc(NC(=O)c2nccnc2-c2nc3ccccc3s2)s1. The first-order valence-electron chi connectivity index (χ1n) is 8.55. The molecule has 4 aromatic rings. The Morgan fingerprint density at radius 3 is 2.81 bits per heavy atom. The molecule has 3 aromatic heterocycles. The number of thiazole rings is 1. The van der Waals surface area contributed by atoms with Crippen molar-refractivity contribution < 1.29 is 4.79 Å². The zero-order valence-corrected chi connectivity index (χ0v) is 16.2. The van der Waals surface area contributed by atoms with Crippen molar-refractivity contribution in [2.24, 2.45) is 0 Å². The third-order valence-electron chi connectivity index (χ3n) is 3.84. The first-order valence-corrected chi connectivity index (χ1v) is 10.2. The zero-order valence-electron chi connectivity index (χ0n) is 14.5. The molecule has 0 fully saturated rings. The molecule has 27 heavy (non-hydrogen) atoms. The molecule has 0 radical (unpaired) electrons. The van der Waals surface area contributed by atoms with Gasteiger partial charge in [0.05, 0.1) is 10.2 Å². The van der Waals surface area contributed by atoms with E-state index in [1.165, 1.54) is 28.9 Å². The number of fused-ring (bicyclic) bond motifs is 1. The van der Waals surface area contributed by atoms with Gasteiger partial charge < -0.3 is 0 Å². The van der Waals surface area contributed by atoms with Crippen LogP contribution in [0.15, 0.2) is 36.7 Å². The van der Waals surface area contributed by atoms with Gasteiger partial charge in [-0.3, -0.25) is 10.1 Å². The summed E-state index contributed by atoms with van der Waals surface area (Å²) in [5, 5.41) is 13.0. The van der Waals surface area contributed by atoms with E-state index in [9.17, 15) is 4.79 Å². The van der Waals surface area contributed by atoms with Crippen LogP contribution in [0.4, 0.5) is 5.13 Å². The molecule has 0 aliphatic heterocycles. The molecular weight excluding hydrogens is 380 g/mol. The highest BCUT2D eigenvalue weighted by Crippen LogP contribution is 2.30. The first-order chi connectivity index (χ1) is 13.2. The zero-order chi connectivity index (χ0) is 18.6. The van der Waals surface area contributed by atoms with Crippen LogP contribution in [0.2, 0.25) is 0 Å². The van der Waals surface area contributed by atoms with Crippen LogP contribution in [0, 0.1) is 0 Å². The van der Waals surface area contributed by atoms with E-state index in [0.717, 1.165) is 34.5 Å². The molecule has 136 valence electrons. The molecule has 3 heterocycles. The second-order valence-electron chi connectivity index (χ2n) is 5.80. The second kappa shape index (κ2) is 7.85. The molecule has 0 saturated heterocycles. The van der Waals surface area contributed by atoms with Gasteiger partial charge in [-0.25, -0.2) is 15.0 Å². The van der Waals surface area contributed by atoms with Crippen molar-refractivity contribution in [1.82, 2.24) is 25.1 Å². The maximum atomic E-state index is 12.7. The van der Waals surface area contributed by atoms with Gasteiger partial charge in [0, 0.05) is 18.8 Å². The van der Waals surface area contributed by atoms with E-state index in [2.05, 4.69) is 37.4 Å². The quantitative estimate of drug-likeness (QED) is 0.525. The number of hydrogen-bond acceptors (Lipinski definition) is 8. The van der Waals surface area contributed by atoms with Crippen molar-refractivity contribution in [2.45, 2.75) is 26.2 Å². The number of anilines is 1. The Balaban J connectivity index is 1.60. The highest BCUT2D eigenvalue weighted by Gasteiger charge is 2.20. The molecule has 9 heteroatoms. The number of nitrogens with zero attached hydrogens (tertiary/aromatic N) is 5. The average Bonchev–Trinajstić information content (AvgIpc) is 3.33. The van der Waals surface area contributed by atoms with Gasteiger partial charge in [0.15, 0.2) is 5.69 Å². The van der Waals surface area contributed by atoms with Gasteiger partial charge in [-0.05, 0) is 18.6 Å². The maximum absolute atomic E-state index is 12.7. The molecule has 0 spiro atoms. The number of benzene rings is 1. The number of amides is 1. The predicted octanol–water partition coefficient (Wildman–Crippen LogP) is 4.20. The highest BCUT2D eigenvalue weighted by molar-refractivity contribution is 7.21. The number of aryl methyl sites for hydroxylation is 1. The molecule has 0 saturated carbocycles. The molecule has 0 aliphatic rings. The molecule has 0 bridgehead atoms. The van der Waals surface area contributed by atoms with E-state index in [4.69, 9.17) is 0 Å². The number of aromatic nitrogens is 5. The molecule has 1 aromatic carbocycles. The maximum Gasteiger partial charge on any atom is 0.278 e. The summed E-state index contributed by atoms with van der Waals surface area (Å²) in [7, 11) is 0. The molecule has 0 unspecified atom stereocenters. The topological polar surface area (TPSA) is 93.6 Å². The van der Waals surface area contributed by atoms with E-state index >= 15 is 0 Å². The lowest BCUT2D eigenvalue weighted by Crippen LogP contribution is -2.15. The summed E-state index contributed by atoms with van der Waals surface area (Å²) in [6.07, 6.45) is 6.07. The van der Waals surface area contributed by atoms with Crippen LogP contribution in [-0.4, -0.2) is 31.1 Å². The van der Waals surface area contributed by atoms with Crippen molar-refractivity contribution in [3.05, 3.63) is 47.4 Å². The minimum absolute atomic E-state index is 0.224. The normalized spacial score (nSPS) is 11.0. The van der Waals surface area contributed by atoms with Crippen LogP contribution in [0.1, 0.15) is 35.3 Å². The van der Waals surface area contributed by atoms with Gasteiger partial charge in [0.2, 0.25) is 5.13 Å². The molecule has 1 N–H and O–H groups in total. The largest absolute Gasteiger partial charge is 0.295 e. The molecular formula is C18H16N6OS2. The van der Waals surface area contributed by atoms with Crippen molar-refractivity contribution in [1.29, 1.82) is 0 Å². The molecule has 0 atom stereocenters. The number of rotatable bonds is 6. The van der Waals surface area contributed by atoms with Gasteiger partial charge in [-0.2, -0.15) is 0 Å². The van der Waals surface area contributed by atoms with Gasteiger partial charge >= 0.3 is 0 Å². The third kappa shape index (κ3) is 3.83. The summed E-state index contributed by atoms with van der Waals surface area (Å²) in [6, 6.07) is 7.82. The lowest BCUT2D eigenvalue weighted by atomic mass is 10.3. The van der Waals surface area contributed by atoms with Crippen molar-refractivity contribution in [3.63, 3.8) is 0 Å². The monoisotopic (exact) mass is 396 g/mol. The smallest absolute Gasteiger partial charge is 0.278 e. The van der Waals surface area contributed by atoms with Crippen LogP contribution in [0.3, 0.4) is 0 Å². The number of unbranched alkanes of at least 4 members (excludes halogenated alkanes) is 1. The summed E-state index contributed by atoms with van der Waals surface area (Å²) in [5.74, 6) is -0.365. The number of nitrogens with one attached hydrogen (secondary N) is 1. The second-order valence-corrected chi connectivity index (χ2v) is 7.89. The molecule has 4 rings (SSSR count). The average molecular weight is 397 g/mol. The fraction of sp³-hybridized carbons (Fsp3) is 0.222. The predicted molar refractivity (Wildman–Crippen MR) is 107 cm³/mol. The Bertz CT molecular complexity index is 1060. The van der Waals surface area contributed by atoms with E-state index in [0.29, 0.717) is 15.8 Å². The van der Waals surface area contributed by atoms with Gasteiger partial charge in [-0.15, -0.1) is 21.5 Å². The first kappa shape index (κ1) is 17.6. The van der Waals surface area contributed by atoms with E-state index in [-0.39, 0.29) is 11.6 Å². The standard InChI is InChI=1S/C18H16N6OS2/c1-2-3-8-13-23-24-18(27-13)22-16(25)14-15(20-10-9-19-14)17-21-11-6-4-5-7-12(11)26-17/h4-7,9-10H,2-3,8H2,1H3,(H,22,24,25). The summed E-state index contributed by atoms with van der Waals surface area (Å²) >= 11 is 2.87. The van der Waals surface area contributed by atoms with E-state index in [1.54, 1.807) is 6.20 Å². The molecule has 0 aliphatic carbocycles. The van der Waals surface area contributed by atoms with Gasteiger partial charge in [-0.1, -0.05) is 36.8 Å². The van der Waals surface area contributed by atoms with E-state index < -0.39 is 0 Å². The van der Waals surface area contributed by atoms with Crippen LogP contribution in [0.5, 0.6) is 0 Å². The Labute approximate surface area is 163 Å². The van der Waals surface area contributed by atoms with Crippen LogP contribution >= 0.6 is 22.7 Å². The lowest BCUT2D eigenvalue weighted by molar-refractivity contribution is 0.102. The summed E-state index contributed by atoms with van der Waals surface area (Å²) < 4.78 is 1.04. The van der Waals surface area contributed by atoms with Crippen LogP contribution in [-0.2, 0) is 6.42 Å². The summed E-state index contributed by atoms with van der Waals surface area (Å²) in [4.78, 5) is 25.9. The number of para-hydroxylation sites is 1. The minimum Gasteiger partial charge on any atom is -0.295 e. The molecule has 7 nitrogen and oxygen atoms in total. The molecule has 1 amide bonds. The van der Waals surface area contributed by atoms with E-state index in [1.807, 2.05) is 24.3 Å². The Kier molecular flexibility index (Phi) is 5.12. The fourth-order valence-corrected chi connectivity index (χ4v) is 4.26. The van der Waals surface area contributed by atoms with Gasteiger partial charge in [0.25, 0.3) is 5.91 Å². The fourth-order valence-electron chi connectivity index (χ4n) is 2.52. The van der Waals surface area contributed by atoms with Crippen molar-refractivity contribution >= 4 is 43.9 Å². The van der Waals surface area contributed by atoms with Crippen molar-refractivity contribution in [3.8, 4) is 10.7 Å².